The van der Waals surface area contributed by atoms with Crippen LogP contribution in [0, 0.1) is 17.9 Å². The van der Waals surface area contributed by atoms with E-state index in [4.69, 9.17) is 9.97 Å². The van der Waals surface area contributed by atoms with Gasteiger partial charge in [0, 0.05) is 49.1 Å². The average molecular weight is 818 g/mol. The van der Waals surface area contributed by atoms with Gasteiger partial charge in [-0.1, -0.05) is 109 Å². The number of aromatic nitrogens is 2. The summed E-state index contributed by atoms with van der Waals surface area (Å²) in [6.07, 6.45) is 6.63. The number of aliphatic hydroxyl groups excluding tert-OH is 1. The van der Waals surface area contributed by atoms with Crippen molar-refractivity contribution in [3.8, 4) is 22.4 Å². The molecular weight excluding hydrogens is 769 g/mol. The molecule has 0 saturated carbocycles. The number of hydrogen-bond acceptors (Lipinski definition) is 4. The summed E-state index contributed by atoms with van der Waals surface area (Å²) in [5.74, 6) is 0.960. The van der Waals surface area contributed by atoms with Gasteiger partial charge in [0.1, 0.15) is 6.33 Å². The van der Waals surface area contributed by atoms with E-state index in [-0.39, 0.29) is 48.9 Å². The molecule has 0 fully saturated rings. The van der Waals surface area contributed by atoms with Crippen molar-refractivity contribution >= 4 is 27.3 Å². The number of carbonyl (C=O) groups excluding carboxylic acids is 1. The number of ketones is 1. The fraction of sp³-hybridized carbons (Fsp3) is 0.372. The third-order valence-corrected chi connectivity index (χ3v) is 10.0. The molecule has 253 valence electrons. The van der Waals surface area contributed by atoms with E-state index in [0.717, 1.165) is 53.6 Å². The number of allylic oxidation sites excluding steroid dienone is 2. The summed E-state index contributed by atoms with van der Waals surface area (Å²) in [7, 11) is 0. The van der Waals surface area contributed by atoms with Crippen LogP contribution in [0.2, 0.25) is 0 Å². The molecule has 1 heterocycles. The second-order valence-corrected chi connectivity index (χ2v) is 13.7. The third-order valence-electron chi connectivity index (χ3n) is 10.0. The van der Waals surface area contributed by atoms with Gasteiger partial charge in [-0.3, -0.25) is 9.78 Å². The van der Waals surface area contributed by atoms with E-state index in [2.05, 4.69) is 100 Å². The largest absolute Gasteiger partial charge is 0.512 e. The maximum atomic E-state index is 11.7. The molecule has 1 N–H and O–H groups in total. The minimum Gasteiger partial charge on any atom is -0.512 e. The Kier molecular flexibility index (Phi) is 12.2. The normalized spacial score (nSPS) is 13.4. The van der Waals surface area contributed by atoms with Crippen LogP contribution in [0.25, 0.3) is 43.9 Å². The molecule has 6 rings (SSSR count). The maximum absolute atomic E-state index is 11.7. The standard InChI is InChI=1S/C30H25N2.C13H24O2.Ir/c1-18(2)24-15-22(13-21-11-7-8-12-23(21)24)28-27-25-14-19-9-5-6-10-20(19)16-26(25)30(3,4)29(27)32-17-31-28;1-5-10(6-2)12(14)9-13(15)11(7-3)8-4;/h5-12,14-18H,1-4H3;9-11,14H,5-8H2,1-4H3;/q-1;;/b;12-9-;. The summed E-state index contributed by atoms with van der Waals surface area (Å²) in [4.78, 5) is 21.3. The first-order valence-electron chi connectivity index (χ1n) is 17.3. The average Bonchev–Trinajstić information content (AvgIpc) is 3.30. The number of fused-ring (bicyclic) bond motifs is 5. The van der Waals surface area contributed by atoms with Gasteiger partial charge in [-0.05, 0) is 71.2 Å². The summed E-state index contributed by atoms with van der Waals surface area (Å²) in [6.45, 7) is 17.1. The van der Waals surface area contributed by atoms with Crippen LogP contribution in [0.5, 0.6) is 0 Å². The van der Waals surface area contributed by atoms with Crippen LogP contribution in [-0.4, -0.2) is 20.9 Å². The molecule has 0 amide bonds. The first-order valence-corrected chi connectivity index (χ1v) is 17.3. The molecule has 1 radical (unpaired) electrons. The third kappa shape index (κ3) is 7.19. The molecule has 0 atom stereocenters. The Morgan fingerprint density at radius 2 is 1.46 bits per heavy atom. The van der Waals surface area contributed by atoms with E-state index in [1.165, 1.54) is 38.9 Å². The van der Waals surface area contributed by atoms with Crippen LogP contribution in [0.15, 0.2) is 84.9 Å². The molecule has 5 heteroatoms. The second kappa shape index (κ2) is 15.7. The molecule has 4 nitrogen and oxygen atoms in total. The fourth-order valence-electron chi connectivity index (χ4n) is 7.05. The SMILES string of the molecule is CC(C)c1cc(-c2ncnc3c2-c2cc4ccccc4cc2C3(C)C)[c-]c2ccccc12.CCC(CC)C(=O)/C=C(\O)C(CC)CC.[Ir]. The molecule has 4 aromatic carbocycles. The second-order valence-electron chi connectivity index (χ2n) is 13.7. The zero-order valence-corrected chi connectivity index (χ0v) is 32.0. The molecular formula is C43H49IrN2O2-. The van der Waals surface area contributed by atoms with Crippen LogP contribution >= 0.6 is 0 Å². The molecule has 48 heavy (non-hydrogen) atoms. The summed E-state index contributed by atoms with van der Waals surface area (Å²) in [5.41, 5.74) is 7.99. The topological polar surface area (TPSA) is 63.1 Å². The maximum Gasteiger partial charge on any atom is 0.162 e. The number of nitrogens with zero attached hydrogens (tertiary/aromatic N) is 2. The van der Waals surface area contributed by atoms with E-state index < -0.39 is 0 Å². The molecule has 1 aliphatic rings. The van der Waals surface area contributed by atoms with Crippen molar-refractivity contribution in [1.29, 1.82) is 0 Å². The molecule has 0 spiro atoms. The predicted octanol–water partition coefficient (Wildman–Crippen LogP) is 11.5. The smallest absolute Gasteiger partial charge is 0.162 e. The van der Waals surface area contributed by atoms with Crippen LogP contribution in [0.1, 0.15) is 104 Å². The van der Waals surface area contributed by atoms with E-state index in [1.54, 1.807) is 6.33 Å². The fourth-order valence-corrected chi connectivity index (χ4v) is 7.05. The molecule has 5 aromatic rings. The van der Waals surface area contributed by atoms with Gasteiger partial charge in [-0.15, -0.1) is 29.1 Å². The van der Waals surface area contributed by atoms with Crippen LogP contribution in [-0.2, 0) is 30.3 Å². The van der Waals surface area contributed by atoms with Gasteiger partial charge in [0.05, 0.1) is 11.5 Å². The summed E-state index contributed by atoms with van der Waals surface area (Å²) < 4.78 is 0. The Labute approximate surface area is 300 Å². The zero-order valence-electron chi connectivity index (χ0n) is 29.6. The van der Waals surface area contributed by atoms with Crippen molar-refractivity contribution in [2.75, 3.05) is 0 Å². The van der Waals surface area contributed by atoms with Gasteiger partial charge in [0.2, 0.25) is 0 Å². The Morgan fingerprint density at radius 3 is 2.08 bits per heavy atom. The Balaban J connectivity index is 0.000000279. The Bertz CT molecular complexity index is 1930. The quantitative estimate of drug-likeness (QED) is 0.0914. The van der Waals surface area contributed by atoms with Gasteiger partial charge in [0.25, 0.3) is 0 Å². The number of benzene rings is 4. The van der Waals surface area contributed by atoms with Crippen molar-refractivity contribution in [3.05, 3.63) is 108 Å². The van der Waals surface area contributed by atoms with Gasteiger partial charge < -0.3 is 5.11 Å². The molecule has 0 aliphatic heterocycles. The first-order chi connectivity index (χ1) is 22.5. The van der Waals surface area contributed by atoms with Crippen LogP contribution in [0.3, 0.4) is 0 Å². The van der Waals surface area contributed by atoms with Crippen LogP contribution < -0.4 is 0 Å². The van der Waals surface area contributed by atoms with E-state index >= 15 is 0 Å². The van der Waals surface area contributed by atoms with Crippen molar-refractivity contribution in [3.63, 3.8) is 0 Å². The van der Waals surface area contributed by atoms with Crippen molar-refractivity contribution in [2.24, 2.45) is 11.8 Å². The Morgan fingerprint density at radius 1 is 0.854 bits per heavy atom. The van der Waals surface area contributed by atoms with E-state index in [9.17, 15) is 9.90 Å². The summed E-state index contributed by atoms with van der Waals surface area (Å²) in [6, 6.07) is 27.7. The Hall–Kier alpha value is -3.66. The number of carbonyl (C=O) groups is 1. The van der Waals surface area contributed by atoms with Gasteiger partial charge in [-0.2, -0.15) is 0 Å². The minimum absolute atomic E-state index is 0. The molecule has 0 bridgehead atoms. The van der Waals surface area contributed by atoms with Crippen LogP contribution in [0.4, 0.5) is 0 Å². The van der Waals surface area contributed by atoms with Gasteiger partial charge in [-0.25, -0.2) is 4.98 Å². The van der Waals surface area contributed by atoms with Crippen molar-refractivity contribution < 1.29 is 30.0 Å². The number of rotatable bonds is 9. The molecule has 0 unspecified atom stereocenters. The van der Waals surface area contributed by atoms with Crippen molar-refractivity contribution in [2.45, 2.75) is 92.4 Å². The molecule has 1 aromatic heterocycles. The molecule has 1 aliphatic carbocycles. The van der Waals surface area contributed by atoms with Gasteiger partial charge >= 0.3 is 0 Å². The summed E-state index contributed by atoms with van der Waals surface area (Å²) in [5, 5.41) is 14.7. The minimum atomic E-state index is -0.176. The first kappa shape index (κ1) is 37.2. The molecule has 0 saturated heterocycles. The summed E-state index contributed by atoms with van der Waals surface area (Å²) >= 11 is 0. The van der Waals surface area contributed by atoms with Gasteiger partial charge in [0.15, 0.2) is 5.78 Å². The predicted molar refractivity (Wildman–Crippen MR) is 197 cm³/mol. The zero-order chi connectivity index (χ0) is 33.9. The van der Waals surface area contributed by atoms with E-state index in [1.807, 2.05) is 27.7 Å². The van der Waals surface area contributed by atoms with E-state index in [0.29, 0.717) is 5.92 Å². The number of hydrogen-bond donors (Lipinski definition) is 1. The van der Waals surface area contributed by atoms with Crippen molar-refractivity contribution in [1.82, 2.24) is 9.97 Å². The number of aliphatic hydroxyl groups is 1. The monoisotopic (exact) mass is 818 g/mol.